The first-order valence-electron chi connectivity index (χ1n) is 7.71. The number of nitrogens with zero attached hydrogens (tertiary/aromatic N) is 1. The van der Waals surface area contributed by atoms with Crippen LogP contribution in [-0.4, -0.2) is 42.1 Å². The maximum absolute atomic E-state index is 6.24. The number of fused-ring (bicyclic) bond motifs is 1. The van der Waals surface area contributed by atoms with E-state index in [1.807, 2.05) is 11.8 Å². The molecule has 1 aliphatic carbocycles. The van der Waals surface area contributed by atoms with Crippen molar-refractivity contribution in [1.82, 2.24) is 4.90 Å². The molecule has 0 radical (unpaired) electrons. The van der Waals surface area contributed by atoms with Crippen LogP contribution in [0.25, 0.3) is 0 Å². The van der Waals surface area contributed by atoms with E-state index in [-0.39, 0.29) is 5.54 Å². The molecule has 21 heavy (non-hydrogen) atoms. The molecule has 1 aliphatic rings. The Kier molecular flexibility index (Phi) is 6.18. The summed E-state index contributed by atoms with van der Waals surface area (Å²) in [6.45, 7) is 3.08. The fourth-order valence-corrected chi connectivity index (χ4v) is 4.36. The number of hydrogen-bond donors (Lipinski definition) is 1. The van der Waals surface area contributed by atoms with Crippen LogP contribution >= 0.6 is 27.7 Å². The summed E-state index contributed by atoms with van der Waals surface area (Å²) in [6, 6.07) is 7.27. The predicted octanol–water partition coefficient (Wildman–Crippen LogP) is 3.71. The van der Waals surface area contributed by atoms with E-state index >= 15 is 0 Å². The molecule has 0 saturated carbocycles. The molecule has 0 bridgehead atoms. The quantitative estimate of drug-likeness (QED) is 0.827. The van der Waals surface area contributed by atoms with E-state index in [1.54, 1.807) is 0 Å². The van der Waals surface area contributed by atoms with Crippen LogP contribution in [0.1, 0.15) is 30.9 Å². The van der Waals surface area contributed by atoms with E-state index in [0.29, 0.717) is 6.04 Å². The Morgan fingerprint density at radius 3 is 2.86 bits per heavy atom. The summed E-state index contributed by atoms with van der Waals surface area (Å²) in [5, 5.41) is 0. The van der Waals surface area contributed by atoms with E-state index in [4.69, 9.17) is 5.73 Å². The molecule has 1 aromatic carbocycles. The predicted molar refractivity (Wildman–Crippen MR) is 98.2 cm³/mol. The van der Waals surface area contributed by atoms with E-state index in [0.717, 1.165) is 25.8 Å². The van der Waals surface area contributed by atoms with E-state index in [2.05, 4.69) is 59.3 Å². The van der Waals surface area contributed by atoms with Crippen molar-refractivity contribution in [2.24, 2.45) is 5.73 Å². The molecule has 0 saturated heterocycles. The molecule has 2 nitrogen and oxygen atoms in total. The lowest BCUT2D eigenvalue weighted by Crippen LogP contribution is -2.58. The second kappa shape index (κ2) is 7.49. The molecule has 118 valence electrons. The van der Waals surface area contributed by atoms with Crippen molar-refractivity contribution in [2.45, 2.75) is 44.2 Å². The monoisotopic (exact) mass is 370 g/mol. The average Bonchev–Trinajstić information content (AvgIpc) is 2.51. The summed E-state index contributed by atoms with van der Waals surface area (Å²) in [5.74, 6) is 1.22. The molecule has 0 spiro atoms. The highest BCUT2D eigenvalue weighted by Gasteiger charge is 2.38. The highest BCUT2D eigenvalue weighted by molar-refractivity contribution is 9.10. The van der Waals surface area contributed by atoms with Gasteiger partial charge < -0.3 is 5.73 Å². The van der Waals surface area contributed by atoms with Gasteiger partial charge in [0.1, 0.15) is 0 Å². The van der Waals surface area contributed by atoms with Gasteiger partial charge in [-0.2, -0.15) is 11.8 Å². The maximum Gasteiger partial charge on any atom is 0.0374 e. The molecule has 2 unspecified atom stereocenters. The molecular weight excluding hydrogens is 344 g/mol. The third-order valence-electron chi connectivity index (χ3n) is 5.08. The Morgan fingerprint density at radius 1 is 1.43 bits per heavy atom. The average molecular weight is 371 g/mol. The zero-order chi connectivity index (χ0) is 15.5. The molecule has 0 aromatic heterocycles. The minimum atomic E-state index is 0.124. The minimum absolute atomic E-state index is 0.124. The van der Waals surface area contributed by atoms with Crippen LogP contribution in [-0.2, 0) is 12.8 Å². The summed E-state index contributed by atoms with van der Waals surface area (Å²) in [4.78, 5) is 2.55. The second-order valence-corrected chi connectivity index (χ2v) is 8.16. The molecule has 0 aliphatic heterocycles. The fraction of sp³-hybridized carbons (Fsp3) is 0.647. The Bertz CT molecular complexity index is 480. The van der Waals surface area contributed by atoms with Gasteiger partial charge in [0.25, 0.3) is 0 Å². The molecular formula is C17H27BrN2S. The molecule has 2 rings (SSSR count). The van der Waals surface area contributed by atoms with Crippen molar-refractivity contribution in [2.75, 3.05) is 25.6 Å². The van der Waals surface area contributed by atoms with Gasteiger partial charge in [0.05, 0.1) is 0 Å². The Labute approximate surface area is 142 Å². The third-order valence-corrected chi connectivity index (χ3v) is 6.21. The van der Waals surface area contributed by atoms with Gasteiger partial charge in [-0.3, -0.25) is 4.90 Å². The Hall–Kier alpha value is -0.0300. The highest BCUT2D eigenvalue weighted by atomic mass is 79.9. The number of thioether (sulfide) groups is 1. The lowest BCUT2D eigenvalue weighted by atomic mass is 9.76. The van der Waals surface area contributed by atoms with Gasteiger partial charge in [-0.25, -0.2) is 0 Å². The number of nitrogens with two attached hydrogens (primary N) is 1. The second-order valence-electron chi connectivity index (χ2n) is 6.26. The first-order valence-corrected chi connectivity index (χ1v) is 9.90. The van der Waals surface area contributed by atoms with E-state index in [1.165, 1.54) is 27.8 Å². The number of aryl methyl sites for hydroxylation is 1. The first-order chi connectivity index (χ1) is 10.0. The van der Waals surface area contributed by atoms with E-state index < -0.39 is 0 Å². The van der Waals surface area contributed by atoms with Crippen molar-refractivity contribution in [1.29, 1.82) is 0 Å². The van der Waals surface area contributed by atoms with Gasteiger partial charge in [0.2, 0.25) is 0 Å². The maximum atomic E-state index is 6.24. The molecule has 0 heterocycles. The topological polar surface area (TPSA) is 29.3 Å². The van der Waals surface area contributed by atoms with Gasteiger partial charge in [0.15, 0.2) is 0 Å². The zero-order valence-corrected chi connectivity index (χ0v) is 15.8. The summed E-state index contributed by atoms with van der Waals surface area (Å²) < 4.78 is 1.18. The normalized spacial score (nSPS) is 23.1. The van der Waals surface area contributed by atoms with Crippen molar-refractivity contribution in [3.05, 3.63) is 33.8 Å². The molecule has 4 heteroatoms. The smallest absolute Gasteiger partial charge is 0.0374 e. The molecule has 0 amide bonds. The van der Waals surface area contributed by atoms with Crippen LogP contribution in [0.3, 0.4) is 0 Å². The number of likely N-dealkylation sites (N-methyl/N-ethyl adjacent to an activating group) is 1. The minimum Gasteiger partial charge on any atom is -0.329 e. The van der Waals surface area contributed by atoms with Crippen LogP contribution in [0, 0.1) is 0 Å². The lowest BCUT2D eigenvalue weighted by molar-refractivity contribution is 0.0694. The summed E-state index contributed by atoms with van der Waals surface area (Å²) in [6.07, 6.45) is 6.78. The molecule has 0 fully saturated rings. The van der Waals surface area contributed by atoms with Crippen LogP contribution in [0.2, 0.25) is 0 Å². The summed E-state index contributed by atoms with van der Waals surface area (Å²) in [7, 11) is 2.27. The number of hydrogen-bond acceptors (Lipinski definition) is 3. The number of halogens is 1. The molecule has 2 N–H and O–H groups in total. The SMILES string of the molecule is CSCCC(C)N(C)C1(CN)CCc2cc(Br)ccc2C1. The van der Waals surface area contributed by atoms with Crippen molar-refractivity contribution in [3.63, 3.8) is 0 Å². The van der Waals surface area contributed by atoms with Crippen LogP contribution < -0.4 is 5.73 Å². The van der Waals surface area contributed by atoms with Gasteiger partial charge in [-0.05, 0) is 74.9 Å². The Balaban J connectivity index is 2.17. The summed E-state index contributed by atoms with van der Waals surface area (Å²) in [5.41, 5.74) is 9.32. The van der Waals surface area contributed by atoms with Crippen molar-refractivity contribution >= 4 is 27.7 Å². The molecule has 1 aromatic rings. The highest BCUT2D eigenvalue weighted by Crippen LogP contribution is 2.35. The van der Waals surface area contributed by atoms with Crippen molar-refractivity contribution in [3.8, 4) is 0 Å². The van der Waals surface area contributed by atoms with E-state index in [9.17, 15) is 0 Å². The van der Waals surface area contributed by atoms with Gasteiger partial charge >= 0.3 is 0 Å². The van der Waals surface area contributed by atoms with Crippen molar-refractivity contribution < 1.29 is 0 Å². The van der Waals surface area contributed by atoms with Gasteiger partial charge in [-0.15, -0.1) is 0 Å². The van der Waals surface area contributed by atoms with Gasteiger partial charge in [0, 0.05) is 22.6 Å². The fourth-order valence-electron chi connectivity index (χ4n) is 3.38. The standard InChI is InChI=1S/C17H27BrN2S/c1-13(7-9-21-3)20(2)17(12-19)8-6-14-10-16(18)5-4-15(14)11-17/h4-5,10,13H,6-9,11-12,19H2,1-3H3. The third kappa shape index (κ3) is 3.84. The molecule has 2 atom stereocenters. The lowest BCUT2D eigenvalue weighted by Gasteiger charge is -2.47. The zero-order valence-electron chi connectivity index (χ0n) is 13.4. The van der Waals surface area contributed by atoms with Crippen LogP contribution in [0.5, 0.6) is 0 Å². The Morgan fingerprint density at radius 2 is 2.19 bits per heavy atom. The number of rotatable bonds is 6. The number of benzene rings is 1. The first kappa shape index (κ1) is 17.3. The largest absolute Gasteiger partial charge is 0.329 e. The summed E-state index contributed by atoms with van der Waals surface area (Å²) >= 11 is 5.51. The van der Waals surface area contributed by atoms with Crippen LogP contribution in [0.4, 0.5) is 0 Å². The van der Waals surface area contributed by atoms with Crippen LogP contribution in [0.15, 0.2) is 22.7 Å². The van der Waals surface area contributed by atoms with Gasteiger partial charge in [-0.1, -0.05) is 22.0 Å².